The number of hydrogen-bond acceptors (Lipinski definition) is 7. The highest BCUT2D eigenvalue weighted by Crippen LogP contribution is 2.59. The van der Waals surface area contributed by atoms with Crippen LogP contribution in [0.25, 0.3) is 0 Å². The molecule has 3 fully saturated rings. The number of amides is 3. The molecule has 1 saturated carbocycles. The Balaban J connectivity index is 1.34. The highest BCUT2D eigenvalue weighted by atomic mass is 16.6. The van der Waals surface area contributed by atoms with Crippen molar-refractivity contribution in [2.75, 3.05) is 33.4 Å². The van der Waals surface area contributed by atoms with Gasteiger partial charge in [-0.2, -0.15) is 0 Å². The van der Waals surface area contributed by atoms with E-state index in [9.17, 15) is 14.4 Å². The van der Waals surface area contributed by atoms with Crippen molar-refractivity contribution in [1.29, 1.82) is 0 Å². The van der Waals surface area contributed by atoms with Crippen molar-refractivity contribution in [3.8, 4) is 0 Å². The Morgan fingerprint density at radius 1 is 1.00 bits per heavy atom. The fourth-order valence-corrected chi connectivity index (χ4v) is 5.80. The van der Waals surface area contributed by atoms with Gasteiger partial charge in [0, 0.05) is 39.6 Å². The summed E-state index contributed by atoms with van der Waals surface area (Å²) in [6.07, 6.45) is 7.80. The van der Waals surface area contributed by atoms with Crippen LogP contribution in [0.4, 0.5) is 4.79 Å². The van der Waals surface area contributed by atoms with Gasteiger partial charge in [-0.3, -0.25) is 9.59 Å². The fourth-order valence-electron chi connectivity index (χ4n) is 5.80. The first-order valence-corrected chi connectivity index (χ1v) is 14.6. The molecule has 2 heterocycles. The maximum Gasteiger partial charge on any atom is 0.407 e. The topological polar surface area (TPSA) is 131 Å². The molecule has 0 radical (unpaired) electrons. The maximum atomic E-state index is 12.6. The summed E-state index contributed by atoms with van der Waals surface area (Å²) in [4.78, 5) is 35.9. The minimum Gasteiger partial charge on any atom is -0.443 e. The largest absolute Gasteiger partial charge is 0.443 e. The Hall–Kier alpha value is -2.17. The van der Waals surface area contributed by atoms with E-state index < -0.39 is 12.2 Å². The average molecular weight is 552 g/mol. The van der Waals surface area contributed by atoms with Crippen LogP contribution in [0, 0.1) is 5.92 Å². The van der Waals surface area contributed by atoms with Gasteiger partial charge in [0.25, 0.3) is 0 Å². The van der Waals surface area contributed by atoms with Crippen LogP contribution in [0.5, 0.6) is 0 Å². The Labute approximate surface area is 233 Å². The minimum atomic E-state index is -0.542. The molecule has 10 nitrogen and oxygen atoms in total. The smallest absolute Gasteiger partial charge is 0.407 e. The number of allylic oxidation sites excluding steroid dienone is 1. The van der Waals surface area contributed by atoms with Crippen molar-refractivity contribution in [1.82, 2.24) is 16.0 Å². The van der Waals surface area contributed by atoms with Crippen molar-refractivity contribution >= 4 is 17.9 Å². The van der Waals surface area contributed by atoms with Crippen molar-refractivity contribution < 1.29 is 33.3 Å². The monoisotopic (exact) mass is 551 g/mol. The molecule has 10 heteroatoms. The van der Waals surface area contributed by atoms with Crippen LogP contribution in [0.2, 0.25) is 0 Å². The number of carbonyl (C=O) groups is 3. The third-order valence-electron chi connectivity index (χ3n) is 8.19. The van der Waals surface area contributed by atoms with Crippen molar-refractivity contribution in [2.24, 2.45) is 5.92 Å². The number of carbonyl (C=O) groups excluding carboxylic acids is 3. The summed E-state index contributed by atoms with van der Waals surface area (Å²) in [5.74, 6) is -0.0569. The van der Waals surface area contributed by atoms with E-state index in [1.165, 1.54) is 5.57 Å². The van der Waals surface area contributed by atoms with E-state index in [1.807, 2.05) is 6.92 Å². The summed E-state index contributed by atoms with van der Waals surface area (Å²) in [6, 6.07) is 0. The summed E-state index contributed by atoms with van der Waals surface area (Å²) in [6.45, 7) is 10.3. The highest BCUT2D eigenvalue weighted by molar-refractivity contribution is 5.77. The first-order valence-electron chi connectivity index (χ1n) is 14.6. The van der Waals surface area contributed by atoms with Gasteiger partial charge in [-0.15, -0.1) is 0 Å². The highest BCUT2D eigenvalue weighted by Gasteiger charge is 2.72. The zero-order chi connectivity index (χ0) is 28.5. The van der Waals surface area contributed by atoms with E-state index in [1.54, 1.807) is 7.11 Å². The normalized spacial score (nSPS) is 30.8. The van der Waals surface area contributed by atoms with Crippen LogP contribution >= 0.6 is 0 Å². The van der Waals surface area contributed by atoms with Gasteiger partial charge in [-0.05, 0) is 52.9 Å². The summed E-state index contributed by atoms with van der Waals surface area (Å²) in [5.41, 5.74) is 0.605. The quantitative estimate of drug-likeness (QED) is 0.152. The van der Waals surface area contributed by atoms with E-state index >= 15 is 0 Å². The predicted molar refractivity (Wildman–Crippen MR) is 147 cm³/mol. The first-order chi connectivity index (χ1) is 18.6. The standard InChI is InChI=1S/C29H49N3O7/c1-6-23(33)30-16-9-7-8-10-17-31-24(34)14-18-32-27(35)38-21-13-15-29(19-37-29)26(25(21)36-5)28(4)22(39-28)12-11-20(2)3/h11,21-22,25-26H,6-10,12-19H2,1-5H3,(H,30,33)(H,31,34)(H,32,35)/t21?,22-,25?,26?,28?,29+/m1/s1. The second-order valence-electron chi connectivity index (χ2n) is 11.5. The molecule has 222 valence electrons. The number of unbranched alkanes of at least 4 members (excludes halogenated alkanes) is 3. The van der Waals surface area contributed by atoms with Crippen LogP contribution < -0.4 is 16.0 Å². The van der Waals surface area contributed by atoms with Gasteiger partial charge in [-0.1, -0.05) is 31.4 Å². The molecule has 0 aromatic heterocycles. The van der Waals surface area contributed by atoms with E-state index in [0.29, 0.717) is 32.5 Å². The molecule has 0 aromatic carbocycles. The van der Waals surface area contributed by atoms with E-state index in [4.69, 9.17) is 18.9 Å². The lowest BCUT2D eigenvalue weighted by molar-refractivity contribution is -0.122. The van der Waals surface area contributed by atoms with E-state index in [0.717, 1.165) is 38.5 Å². The number of methoxy groups -OCH3 is 1. The van der Waals surface area contributed by atoms with Gasteiger partial charge >= 0.3 is 6.09 Å². The summed E-state index contributed by atoms with van der Waals surface area (Å²) in [7, 11) is 1.65. The number of nitrogens with one attached hydrogen (secondary N) is 3. The van der Waals surface area contributed by atoms with Crippen LogP contribution in [-0.2, 0) is 28.5 Å². The van der Waals surface area contributed by atoms with Crippen LogP contribution in [0.15, 0.2) is 11.6 Å². The van der Waals surface area contributed by atoms with Crippen LogP contribution in [0.3, 0.4) is 0 Å². The van der Waals surface area contributed by atoms with Crippen molar-refractivity contribution in [2.45, 2.75) is 115 Å². The molecule has 4 unspecified atom stereocenters. The number of ether oxygens (including phenoxy) is 4. The third-order valence-corrected chi connectivity index (χ3v) is 8.19. The molecule has 1 aliphatic carbocycles. The van der Waals surface area contributed by atoms with Crippen LogP contribution in [-0.4, -0.2) is 80.8 Å². The molecule has 3 amide bonds. The molecule has 6 atom stereocenters. The third kappa shape index (κ3) is 8.91. The summed E-state index contributed by atoms with van der Waals surface area (Å²) in [5, 5.41) is 8.45. The second-order valence-corrected chi connectivity index (χ2v) is 11.5. The number of rotatable bonds is 16. The Morgan fingerprint density at radius 2 is 1.67 bits per heavy atom. The lowest BCUT2D eigenvalue weighted by Gasteiger charge is -2.42. The summed E-state index contributed by atoms with van der Waals surface area (Å²) < 4.78 is 23.9. The zero-order valence-corrected chi connectivity index (χ0v) is 24.4. The van der Waals surface area contributed by atoms with Crippen LogP contribution in [0.1, 0.15) is 85.5 Å². The van der Waals surface area contributed by atoms with Gasteiger partial charge in [0.1, 0.15) is 23.4 Å². The van der Waals surface area contributed by atoms with Gasteiger partial charge in [0.05, 0.1) is 18.6 Å². The lowest BCUT2D eigenvalue weighted by atomic mass is 9.68. The van der Waals surface area contributed by atoms with Crippen molar-refractivity contribution in [3.63, 3.8) is 0 Å². The number of epoxide rings is 2. The van der Waals surface area contributed by atoms with Crippen molar-refractivity contribution in [3.05, 3.63) is 11.6 Å². The molecule has 39 heavy (non-hydrogen) atoms. The molecule has 1 spiro atoms. The molecule has 3 rings (SSSR count). The Kier molecular flexibility index (Phi) is 11.6. The molecule has 3 aliphatic rings. The van der Waals surface area contributed by atoms with Gasteiger partial charge in [-0.25, -0.2) is 4.79 Å². The summed E-state index contributed by atoms with van der Waals surface area (Å²) >= 11 is 0. The maximum absolute atomic E-state index is 12.6. The SMILES string of the molecule is CCC(=O)NCCCCCCNC(=O)CCNC(=O)OC1CC[C@]2(CO2)C(C2(C)O[C@@H]2CC=C(C)C)C1OC. The lowest BCUT2D eigenvalue weighted by Crippen LogP contribution is -2.56. The molecule has 0 bridgehead atoms. The average Bonchev–Trinajstić information content (AvgIpc) is 3.82. The molecule has 3 N–H and O–H groups in total. The Bertz CT molecular complexity index is 871. The van der Waals surface area contributed by atoms with Gasteiger partial charge in [0.2, 0.25) is 11.8 Å². The Morgan fingerprint density at radius 3 is 2.26 bits per heavy atom. The van der Waals surface area contributed by atoms with Gasteiger partial charge in [0.15, 0.2) is 0 Å². The number of alkyl carbamates (subject to hydrolysis) is 1. The molecule has 2 aliphatic heterocycles. The molecular weight excluding hydrogens is 502 g/mol. The zero-order valence-electron chi connectivity index (χ0n) is 24.4. The van der Waals surface area contributed by atoms with E-state index in [-0.39, 0.29) is 54.1 Å². The van der Waals surface area contributed by atoms with E-state index in [2.05, 4.69) is 42.8 Å². The number of hydrogen-bond donors (Lipinski definition) is 3. The molecule has 0 aromatic rings. The second kappa shape index (κ2) is 14.5. The minimum absolute atomic E-state index is 0.0296. The molecular formula is C29H49N3O7. The van der Waals surface area contributed by atoms with Gasteiger partial charge < -0.3 is 34.9 Å². The first kappa shape index (κ1) is 31.4. The fraction of sp³-hybridized carbons (Fsp3) is 0.828. The molecule has 2 saturated heterocycles. The predicted octanol–water partition coefficient (Wildman–Crippen LogP) is 3.38.